The molecule has 70 valence electrons. The van der Waals surface area contributed by atoms with Crippen LogP contribution in [0.2, 0.25) is 0 Å². The molecule has 0 bridgehead atoms. The number of thiophene rings is 1. The third-order valence-corrected chi connectivity index (χ3v) is 3.02. The van der Waals surface area contributed by atoms with E-state index in [0.29, 0.717) is 4.78 Å². The van der Waals surface area contributed by atoms with Gasteiger partial charge in [0.2, 0.25) is 0 Å². The lowest BCUT2D eigenvalue weighted by molar-refractivity contribution is 0.427. The van der Waals surface area contributed by atoms with Gasteiger partial charge in [0.05, 0.1) is 0 Å². The molecule has 2 aromatic heterocycles. The molecule has 0 amide bonds. The van der Waals surface area contributed by atoms with E-state index in [0.717, 1.165) is 10.4 Å². The quantitative estimate of drug-likeness (QED) is 0.701. The highest BCUT2D eigenvalue weighted by Crippen LogP contribution is 2.22. The number of hydrogen-bond donors (Lipinski definition) is 2. The number of rotatable bonds is 2. The summed E-state index contributed by atoms with van der Waals surface area (Å²) in [5, 5.41) is 17.9. The van der Waals surface area contributed by atoms with E-state index in [1.165, 1.54) is 11.3 Å². The van der Waals surface area contributed by atoms with Crippen molar-refractivity contribution >= 4 is 23.2 Å². The molecular formula is C9H8BNO2S. The molecule has 0 atom stereocenters. The maximum absolute atomic E-state index is 8.94. The molecule has 2 rings (SSSR count). The number of aromatic nitrogens is 1. The summed E-state index contributed by atoms with van der Waals surface area (Å²) in [6, 6.07) is 7.36. The molecule has 2 N–H and O–H groups in total. The number of pyridine rings is 1. The van der Waals surface area contributed by atoms with Crippen LogP contribution < -0.4 is 4.78 Å². The molecule has 0 aromatic carbocycles. The Morgan fingerprint density at radius 2 is 1.79 bits per heavy atom. The van der Waals surface area contributed by atoms with E-state index in [2.05, 4.69) is 4.98 Å². The van der Waals surface area contributed by atoms with Crippen molar-refractivity contribution in [2.75, 3.05) is 0 Å². The van der Waals surface area contributed by atoms with Crippen molar-refractivity contribution < 1.29 is 10.0 Å². The molecule has 14 heavy (non-hydrogen) atoms. The molecule has 0 saturated heterocycles. The Hall–Kier alpha value is -1.17. The van der Waals surface area contributed by atoms with Crippen LogP contribution in [0.1, 0.15) is 0 Å². The molecule has 0 aliphatic heterocycles. The van der Waals surface area contributed by atoms with E-state index in [-0.39, 0.29) is 0 Å². The average Bonchev–Trinajstić information content (AvgIpc) is 2.68. The normalized spacial score (nSPS) is 10.1. The predicted molar refractivity (Wildman–Crippen MR) is 57.4 cm³/mol. The highest BCUT2D eigenvalue weighted by atomic mass is 32.1. The Bertz CT molecular complexity index is 416. The van der Waals surface area contributed by atoms with Gasteiger partial charge in [-0.25, -0.2) is 0 Å². The van der Waals surface area contributed by atoms with E-state index in [9.17, 15) is 0 Å². The van der Waals surface area contributed by atoms with Crippen LogP contribution in [0.15, 0.2) is 36.7 Å². The van der Waals surface area contributed by atoms with Crippen molar-refractivity contribution in [1.82, 2.24) is 4.98 Å². The largest absolute Gasteiger partial charge is 0.499 e. The first kappa shape index (κ1) is 9.39. The van der Waals surface area contributed by atoms with E-state index in [4.69, 9.17) is 10.0 Å². The molecule has 5 heteroatoms. The summed E-state index contributed by atoms with van der Waals surface area (Å²) in [4.78, 5) is 4.93. The zero-order valence-electron chi connectivity index (χ0n) is 7.29. The zero-order chi connectivity index (χ0) is 9.97. The highest BCUT2D eigenvalue weighted by Gasteiger charge is 2.13. The molecule has 0 aliphatic rings. The summed E-state index contributed by atoms with van der Waals surface area (Å²) >= 11 is 1.37. The van der Waals surface area contributed by atoms with Gasteiger partial charge in [-0.1, -0.05) is 6.07 Å². The molecule has 0 saturated carbocycles. The van der Waals surface area contributed by atoms with Gasteiger partial charge >= 0.3 is 7.12 Å². The van der Waals surface area contributed by atoms with E-state index < -0.39 is 7.12 Å². The van der Waals surface area contributed by atoms with Crippen LogP contribution in [0.25, 0.3) is 10.4 Å². The topological polar surface area (TPSA) is 53.4 Å². The van der Waals surface area contributed by atoms with Gasteiger partial charge in [0.15, 0.2) is 0 Å². The molecule has 2 heterocycles. The van der Waals surface area contributed by atoms with Crippen molar-refractivity contribution in [3.8, 4) is 10.4 Å². The summed E-state index contributed by atoms with van der Waals surface area (Å²) in [5.41, 5.74) is 1.04. The molecule has 2 aromatic rings. The SMILES string of the molecule is OB(O)c1ccc(-c2ccncc2)s1. The second-order valence-corrected chi connectivity index (χ2v) is 3.93. The average molecular weight is 205 g/mol. The molecule has 0 radical (unpaired) electrons. The van der Waals surface area contributed by atoms with E-state index >= 15 is 0 Å². The first-order valence-corrected chi connectivity index (χ1v) is 4.95. The predicted octanol–water partition coefficient (Wildman–Crippen LogP) is 0.490. The lowest BCUT2D eigenvalue weighted by Gasteiger charge is -1.94. The maximum atomic E-state index is 8.94. The molecule has 0 aliphatic carbocycles. The van der Waals surface area contributed by atoms with Gasteiger partial charge in [-0.2, -0.15) is 0 Å². The lowest BCUT2D eigenvalue weighted by atomic mass is 9.90. The van der Waals surface area contributed by atoms with Crippen molar-refractivity contribution in [2.45, 2.75) is 0 Å². The van der Waals surface area contributed by atoms with Gasteiger partial charge in [-0.3, -0.25) is 4.98 Å². The molecular weight excluding hydrogens is 197 g/mol. The minimum atomic E-state index is -1.38. The van der Waals surface area contributed by atoms with Crippen molar-refractivity contribution in [3.05, 3.63) is 36.7 Å². The molecule has 3 nitrogen and oxygen atoms in total. The second kappa shape index (κ2) is 3.92. The molecule has 0 fully saturated rings. The lowest BCUT2D eigenvalue weighted by Crippen LogP contribution is -2.26. The van der Waals surface area contributed by atoms with Crippen LogP contribution in [0, 0.1) is 0 Å². The Kier molecular flexibility index (Phi) is 2.63. The fourth-order valence-corrected chi connectivity index (χ4v) is 2.05. The third kappa shape index (κ3) is 1.84. The van der Waals surface area contributed by atoms with Gasteiger partial charge < -0.3 is 10.0 Å². The number of hydrogen-bond acceptors (Lipinski definition) is 4. The minimum Gasteiger partial charge on any atom is -0.423 e. The highest BCUT2D eigenvalue weighted by molar-refractivity contribution is 7.24. The summed E-state index contributed by atoms with van der Waals surface area (Å²) in [7, 11) is -1.38. The van der Waals surface area contributed by atoms with Gasteiger partial charge in [-0.15, -0.1) is 11.3 Å². The van der Waals surface area contributed by atoms with Crippen LogP contribution in [0.3, 0.4) is 0 Å². The summed E-state index contributed by atoms with van der Waals surface area (Å²) < 4.78 is 0.553. The van der Waals surface area contributed by atoms with Crippen LogP contribution in [0.4, 0.5) is 0 Å². The monoisotopic (exact) mass is 205 g/mol. The summed E-state index contributed by atoms with van der Waals surface area (Å²) in [6.45, 7) is 0. The van der Waals surface area contributed by atoms with E-state index in [1.807, 2.05) is 18.2 Å². The standard InChI is InChI=1S/C9H8BNO2S/c12-10(13)9-2-1-8(14-9)7-3-5-11-6-4-7/h1-6,12-13H. The second-order valence-electron chi connectivity index (χ2n) is 2.81. The Morgan fingerprint density at radius 3 is 2.36 bits per heavy atom. The smallest absolute Gasteiger partial charge is 0.423 e. The van der Waals surface area contributed by atoms with Crippen LogP contribution in [-0.4, -0.2) is 22.2 Å². The Morgan fingerprint density at radius 1 is 1.07 bits per heavy atom. The van der Waals surface area contributed by atoms with Crippen LogP contribution >= 0.6 is 11.3 Å². The van der Waals surface area contributed by atoms with Crippen molar-refractivity contribution in [2.24, 2.45) is 0 Å². The first-order valence-electron chi connectivity index (χ1n) is 4.13. The Labute approximate surface area is 85.8 Å². The summed E-state index contributed by atoms with van der Waals surface area (Å²) in [6.07, 6.45) is 3.42. The van der Waals surface area contributed by atoms with Crippen molar-refractivity contribution in [3.63, 3.8) is 0 Å². The van der Waals surface area contributed by atoms with Gasteiger partial charge in [-0.05, 0) is 23.8 Å². The van der Waals surface area contributed by atoms with Crippen LogP contribution in [-0.2, 0) is 0 Å². The van der Waals surface area contributed by atoms with Gasteiger partial charge in [0.25, 0.3) is 0 Å². The maximum Gasteiger partial charge on any atom is 0.499 e. The third-order valence-electron chi connectivity index (χ3n) is 1.85. The fourth-order valence-electron chi connectivity index (χ4n) is 1.16. The van der Waals surface area contributed by atoms with Gasteiger partial charge in [0.1, 0.15) is 0 Å². The number of nitrogens with zero attached hydrogens (tertiary/aromatic N) is 1. The molecule has 0 spiro atoms. The van der Waals surface area contributed by atoms with E-state index in [1.54, 1.807) is 18.5 Å². The zero-order valence-corrected chi connectivity index (χ0v) is 8.11. The molecule has 0 unspecified atom stereocenters. The fraction of sp³-hybridized carbons (Fsp3) is 0. The first-order chi connectivity index (χ1) is 6.77. The summed E-state index contributed by atoms with van der Waals surface area (Å²) in [5.74, 6) is 0. The van der Waals surface area contributed by atoms with Gasteiger partial charge in [0, 0.05) is 22.0 Å². The Balaban J connectivity index is 2.34. The van der Waals surface area contributed by atoms with Crippen molar-refractivity contribution in [1.29, 1.82) is 0 Å². The van der Waals surface area contributed by atoms with Crippen LogP contribution in [0.5, 0.6) is 0 Å². The minimum absolute atomic E-state index is 0.553.